The molecule has 196 valence electrons. The molecule has 35 heavy (non-hydrogen) atoms. The molecular formula is C27H41Cl3N4O. The molecule has 0 bridgehead atoms. The van der Waals surface area contributed by atoms with Crippen LogP contribution in [0.25, 0.3) is 0 Å². The molecule has 2 atom stereocenters. The summed E-state index contributed by atoms with van der Waals surface area (Å²) in [4.78, 5) is 13.0. The maximum Gasteiger partial charge on any atom is 0.253 e. The van der Waals surface area contributed by atoms with E-state index in [9.17, 15) is 4.79 Å². The van der Waals surface area contributed by atoms with Gasteiger partial charge in [-0.15, -0.1) is 0 Å². The largest absolute Gasteiger partial charge is 0.299 e. The fourth-order valence-corrected chi connectivity index (χ4v) is 4.41. The zero-order valence-corrected chi connectivity index (χ0v) is 24.1. The standard InChI is InChI=1S/C23H29Cl3N4O.2C2H6/c1-3-4-5-6-13-29(2)28-23(31)20-15-22(16-7-9-17(24)10-8-16)30(27-20)21-12-11-18(25)14-19(21)26;2*1-2/h7-12,14,20,22,27H,3-6,13,15H2,1-2H3,(H,28,31);2*1-2H3. The Labute approximate surface area is 227 Å². The summed E-state index contributed by atoms with van der Waals surface area (Å²) in [6, 6.07) is 12.5. The van der Waals surface area contributed by atoms with Gasteiger partial charge in [0.25, 0.3) is 5.91 Å². The third-order valence-electron chi connectivity index (χ3n) is 5.45. The van der Waals surface area contributed by atoms with E-state index in [1.165, 1.54) is 19.3 Å². The van der Waals surface area contributed by atoms with Crippen LogP contribution < -0.4 is 15.9 Å². The fraction of sp³-hybridized carbons (Fsp3) is 0.519. The summed E-state index contributed by atoms with van der Waals surface area (Å²) in [5, 5.41) is 5.58. The van der Waals surface area contributed by atoms with Gasteiger partial charge in [-0.3, -0.25) is 15.2 Å². The molecule has 0 radical (unpaired) electrons. The van der Waals surface area contributed by atoms with Crippen molar-refractivity contribution in [2.24, 2.45) is 0 Å². The zero-order valence-electron chi connectivity index (χ0n) is 21.9. The monoisotopic (exact) mass is 542 g/mol. The lowest BCUT2D eigenvalue weighted by Crippen LogP contribution is -2.50. The van der Waals surface area contributed by atoms with E-state index >= 15 is 0 Å². The van der Waals surface area contributed by atoms with Crippen LogP contribution in [0.4, 0.5) is 5.69 Å². The molecule has 5 nitrogen and oxygen atoms in total. The van der Waals surface area contributed by atoms with Gasteiger partial charge in [0.05, 0.1) is 16.8 Å². The van der Waals surface area contributed by atoms with Gasteiger partial charge in [-0.1, -0.05) is 101 Å². The number of unbranched alkanes of at least 4 members (excludes halogenated alkanes) is 3. The van der Waals surface area contributed by atoms with E-state index in [4.69, 9.17) is 34.8 Å². The molecule has 1 saturated heterocycles. The number of nitrogens with zero attached hydrogens (tertiary/aromatic N) is 2. The van der Waals surface area contributed by atoms with Crippen LogP contribution in [0.2, 0.25) is 15.1 Å². The Morgan fingerprint density at radius 3 is 2.23 bits per heavy atom. The molecule has 8 heteroatoms. The Hall–Kier alpha value is -1.50. The van der Waals surface area contributed by atoms with Crippen LogP contribution in [0.3, 0.4) is 0 Å². The minimum atomic E-state index is -0.398. The highest BCUT2D eigenvalue weighted by Gasteiger charge is 2.38. The summed E-state index contributed by atoms with van der Waals surface area (Å²) in [5.41, 5.74) is 8.17. The number of carbonyl (C=O) groups is 1. The number of hydrazine groups is 2. The minimum absolute atomic E-state index is 0.0652. The number of halogens is 3. The van der Waals surface area contributed by atoms with E-state index in [0.29, 0.717) is 21.5 Å². The average Bonchev–Trinajstić information content (AvgIpc) is 3.30. The summed E-state index contributed by atoms with van der Waals surface area (Å²) in [6.45, 7) is 11.0. The Kier molecular flexibility index (Phi) is 15.4. The summed E-state index contributed by atoms with van der Waals surface area (Å²) >= 11 is 18.6. The quantitative estimate of drug-likeness (QED) is 0.248. The van der Waals surface area contributed by atoms with Gasteiger partial charge >= 0.3 is 0 Å². The molecule has 1 aliphatic heterocycles. The second-order valence-corrected chi connectivity index (χ2v) is 9.19. The topological polar surface area (TPSA) is 47.6 Å². The Morgan fingerprint density at radius 2 is 1.63 bits per heavy atom. The first-order valence-electron chi connectivity index (χ1n) is 12.7. The normalized spacial score (nSPS) is 16.8. The van der Waals surface area contributed by atoms with Crippen LogP contribution in [0.15, 0.2) is 42.5 Å². The number of nitrogens with one attached hydrogen (secondary N) is 2. The molecule has 0 aliphatic carbocycles. The van der Waals surface area contributed by atoms with Crippen molar-refractivity contribution in [3.8, 4) is 0 Å². The van der Waals surface area contributed by atoms with Crippen molar-refractivity contribution >= 4 is 46.4 Å². The van der Waals surface area contributed by atoms with Crippen LogP contribution >= 0.6 is 34.8 Å². The number of carbonyl (C=O) groups excluding carboxylic acids is 1. The number of benzene rings is 2. The number of anilines is 1. The second-order valence-electron chi connectivity index (χ2n) is 7.91. The van der Waals surface area contributed by atoms with E-state index in [1.807, 2.05) is 75.1 Å². The first kappa shape index (κ1) is 31.5. The molecule has 1 fully saturated rings. The highest BCUT2D eigenvalue weighted by molar-refractivity contribution is 6.36. The molecule has 2 aromatic carbocycles. The number of rotatable bonds is 9. The maximum absolute atomic E-state index is 13.0. The SMILES string of the molecule is CC.CC.CCCCCCN(C)NC(=O)C1CC(c2ccc(Cl)cc2)N(c2ccc(Cl)cc2Cl)N1. The molecule has 2 aromatic rings. The summed E-state index contributed by atoms with van der Waals surface area (Å²) in [7, 11) is 1.91. The Balaban J connectivity index is 0.00000145. The third kappa shape index (κ3) is 9.82. The third-order valence-corrected chi connectivity index (χ3v) is 6.24. The molecule has 1 heterocycles. The predicted molar refractivity (Wildman–Crippen MR) is 152 cm³/mol. The molecule has 0 saturated carbocycles. The lowest BCUT2D eigenvalue weighted by atomic mass is 10.0. The van der Waals surface area contributed by atoms with E-state index < -0.39 is 6.04 Å². The van der Waals surface area contributed by atoms with Gasteiger partial charge in [0, 0.05) is 23.6 Å². The lowest BCUT2D eigenvalue weighted by Gasteiger charge is -2.28. The van der Waals surface area contributed by atoms with Gasteiger partial charge in [-0.05, 0) is 48.7 Å². The van der Waals surface area contributed by atoms with Gasteiger partial charge in [0.2, 0.25) is 0 Å². The van der Waals surface area contributed by atoms with E-state index in [-0.39, 0.29) is 11.9 Å². The van der Waals surface area contributed by atoms with Crippen LogP contribution in [-0.4, -0.2) is 30.6 Å². The van der Waals surface area contributed by atoms with Crippen LogP contribution in [0.5, 0.6) is 0 Å². The van der Waals surface area contributed by atoms with E-state index in [1.54, 1.807) is 12.1 Å². The summed E-state index contributed by atoms with van der Waals surface area (Å²) in [6.07, 6.45) is 5.22. The lowest BCUT2D eigenvalue weighted by molar-refractivity contribution is -0.127. The number of amides is 1. The smallest absolute Gasteiger partial charge is 0.253 e. The minimum Gasteiger partial charge on any atom is -0.299 e. The second kappa shape index (κ2) is 17.0. The van der Waals surface area contributed by atoms with Gasteiger partial charge in [-0.25, -0.2) is 10.4 Å². The Morgan fingerprint density at radius 1 is 1.00 bits per heavy atom. The first-order valence-corrected chi connectivity index (χ1v) is 13.8. The molecular weight excluding hydrogens is 503 g/mol. The average molecular weight is 544 g/mol. The maximum atomic E-state index is 13.0. The van der Waals surface area contributed by atoms with Crippen LogP contribution in [0.1, 0.15) is 78.3 Å². The fourth-order valence-electron chi connectivity index (χ4n) is 3.79. The van der Waals surface area contributed by atoms with Crippen molar-refractivity contribution in [1.29, 1.82) is 0 Å². The van der Waals surface area contributed by atoms with Crippen molar-refractivity contribution in [2.75, 3.05) is 18.6 Å². The van der Waals surface area contributed by atoms with E-state index in [2.05, 4.69) is 17.8 Å². The van der Waals surface area contributed by atoms with Gasteiger partial charge < -0.3 is 0 Å². The molecule has 1 amide bonds. The van der Waals surface area contributed by atoms with Gasteiger partial charge in [0.1, 0.15) is 6.04 Å². The molecule has 0 spiro atoms. The zero-order chi connectivity index (χ0) is 26.4. The molecule has 2 N–H and O–H groups in total. The molecule has 3 rings (SSSR count). The van der Waals surface area contributed by atoms with Crippen molar-refractivity contribution in [3.05, 3.63) is 63.1 Å². The van der Waals surface area contributed by atoms with Crippen LogP contribution in [-0.2, 0) is 4.79 Å². The Bertz CT molecular complexity index is 879. The highest BCUT2D eigenvalue weighted by atomic mass is 35.5. The van der Waals surface area contributed by atoms with Crippen molar-refractivity contribution in [1.82, 2.24) is 15.9 Å². The summed E-state index contributed by atoms with van der Waals surface area (Å²) < 4.78 is 0. The van der Waals surface area contributed by atoms with Crippen molar-refractivity contribution in [2.45, 2.75) is 78.8 Å². The van der Waals surface area contributed by atoms with E-state index in [0.717, 1.165) is 24.2 Å². The summed E-state index contributed by atoms with van der Waals surface area (Å²) in [5.74, 6) is -0.0652. The molecule has 0 aromatic heterocycles. The van der Waals surface area contributed by atoms with Crippen LogP contribution in [0, 0.1) is 0 Å². The van der Waals surface area contributed by atoms with Gasteiger partial charge in [-0.2, -0.15) is 0 Å². The van der Waals surface area contributed by atoms with Crippen molar-refractivity contribution < 1.29 is 4.79 Å². The van der Waals surface area contributed by atoms with Crippen molar-refractivity contribution in [3.63, 3.8) is 0 Å². The first-order chi connectivity index (χ1) is 16.9. The molecule has 1 aliphatic rings. The predicted octanol–water partition coefficient (Wildman–Crippen LogP) is 8.07. The molecule has 2 unspecified atom stereocenters. The highest BCUT2D eigenvalue weighted by Crippen LogP contribution is 2.39. The number of hydrogen-bond donors (Lipinski definition) is 2. The van der Waals surface area contributed by atoms with Gasteiger partial charge in [0.15, 0.2) is 0 Å². The number of hydrogen-bond acceptors (Lipinski definition) is 4.